The predicted molar refractivity (Wildman–Crippen MR) is 81.8 cm³/mol. The minimum Gasteiger partial charge on any atom is -0.370 e. The van der Waals surface area contributed by atoms with E-state index in [1.54, 1.807) is 0 Å². The predicted octanol–water partition coefficient (Wildman–Crippen LogP) is 2.59. The molecule has 104 valence electrons. The Bertz CT molecular complexity index is 432. The monoisotopic (exact) mass is 279 g/mol. The number of aliphatic imine (C=N–C) groups is 1. The number of hydrogen-bond donors (Lipinski definition) is 1. The van der Waals surface area contributed by atoms with Crippen molar-refractivity contribution in [2.24, 2.45) is 10.7 Å². The summed E-state index contributed by atoms with van der Waals surface area (Å²) in [6.45, 7) is 0.915. The van der Waals surface area contributed by atoms with E-state index in [0.29, 0.717) is 12.1 Å². The fraction of sp³-hybridized carbons (Fsp3) is 0.533. The molecule has 1 saturated heterocycles. The van der Waals surface area contributed by atoms with E-state index in [1.165, 1.54) is 31.2 Å². The maximum atomic E-state index is 6.06. The molecule has 0 spiro atoms. The number of guanidine groups is 1. The van der Waals surface area contributed by atoms with Gasteiger partial charge in [-0.2, -0.15) is 0 Å². The minimum atomic E-state index is 0. The highest BCUT2D eigenvalue weighted by Gasteiger charge is 2.35. The summed E-state index contributed by atoms with van der Waals surface area (Å²) in [5.74, 6) is 0.779. The number of benzene rings is 1. The van der Waals surface area contributed by atoms with Crippen LogP contribution in [0.15, 0.2) is 35.3 Å². The van der Waals surface area contributed by atoms with Gasteiger partial charge in [-0.3, -0.25) is 4.99 Å². The third-order valence-electron chi connectivity index (χ3n) is 4.23. The largest absolute Gasteiger partial charge is 0.370 e. The topological polar surface area (TPSA) is 41.6 Å². The summed E-state index contributed by atoms with van der Waals surface area (Å²) in [5.41, 5.74) is 7.48. The lowest BCUT2D eigenvalue weighted by atomic mass is 10.0. The molecular weight excluding hydrogens is 258 g/mol. The molecule has 0 bridgehead atoms. The average molecular weight is 280 g/mol. The summed E-state index contributed by atoms with van der Waals surface area (Å²) < 4.78 is 0. The molecule has 2 aliphatic rings. The van der Waals surface area contributed by atoms with Crippen molar-refractivity contribution in [3.63, 3.8) is 0 Å². The summed E-state index contributed by atoms with van der Waals surface area (Å²) in [4.78, 5) is 6.78. The van der Waals surface area contributed by atoms with Gasteiger partial charge in [-0.05, 0) is 37.7 Å². The van der Waals surface area contributed by atoms with Crippen LogP contribution in [0.3, 0.4) is 0 Å². The van der Waals surface area contributed by atoms with Gasteiger partial charge in [0.25, 0.3) is 0 Å². The molecule has 0 aliphatic carbocycles. The minimum absolute atomic E-state index is 0. The summed E-state index contributed by atoms with van der Waals surface area (Å²) >= 11 is 0. The van der Waals surface area contributed by atoms with E-state index in [9.17, 15) is 0 Å². The quantitative estimate of drug-likeness (QED) is 0.924. The third kappa shape index (κ3) is 3.03. The van der Waals surface area contributed by atoms with Crippen LogP contribution in [-0.4, -0.2) is 29.5 Å². The highest BCUT2D eigenvalue weighted by atomic mass is 35.5. The molecule has 2 aliphatic heterocycles. The zero-order valence-corrected chi connectivity index (χ0v) is 12.0. The second-order valence-electron chi connectivity index (χ2n) is 5.35. The molecule has 3 rings (SSSR count). The van der Waals surface area contributed by atoms with Gasteiger partial charge in [0.1, 0.15) is 0 Å². The molecule has 0 saturated carbocycles. The molecule has 4 heteroatoms. The van der Waals surface area contributed by atoms with E-state index in [-0.39, 0.29) is 12.4 Å². The van der Waals surface area contributed by atoms with Gasteiger partial charge in [-0.1, -0.05) is 30.3 Å². The SMILES string of the molecule is Cl.NC1=NCC[C@H]2CC[C@H](CCc3ccccc3)N12. The van der Waals surface area contributed by atoms with Crippen LogP contribution in [0.4, 0.5) is 0 Å². The van der Waals surface area contributed by atoms with Crippen LogP contribution >= 0.6 is 12.4 Å². The fourth-order valence-electron chi connectivity index (χ4n) is 3.29. The van der Waals surface area contributed by atoms with Gasteiger partial charge in [-0.15, -0.1) is 12.4 Å². The molecule has 2 atom stereocenters. The Morgan fingerprint density at radius 3 is 2.74 bits per heavy atom. The number of rotatable bonds is 3. The molecule has 1 aromatic carbocycles. The van der Waals surface area contributed by atoms with Crippen LogP contribution in [0.1, 0.15) is 31.2 Å². The molecule has 1 aromatic rings. The van der Waals surface area contributed by atoms with Crippen LogP contribution in [0.2, 0.25) is 0 Å². The molecule has 2 N–H and O–H groups in total. The number of fused-ring (bicyclic) bond motifs is 1. The van der Waals surface area contributed by atoms with Gasteiger partial charge in [0, 0.05) is 18.6 Å². The molecule has 0 amide bonds. The first-order valence-electron chi connectivity index (χ1n) is 6.97. The van der Waals surface area contributed by atoms with E-state index in [4.69, 9.17) is 5.73 Å². The first-order valence-corrected chi connectivity index (χ1v) is 6.97. The van der Waals surface area contributed by atoms with E-state index in [2.05, 4.69) is 40.2 Å². The third-order valence-corrected chi connectivity index (χ3v) is 4.23. The van der Waals surface area contributed by atoms with Gasteiger partial charge >= 0.3 is 0 Å². The van der Waals surface area contributed by atoms with Crippen molar-refractivity contribution in [2.45, 2.75) is 44.2 Å². The molecule has 3 nitrogen and oxygen atoms in total. The Kier molecular flexibility index (Phi) is 4.70. The van der Waals surface area contributed by atoms with Crippen LogP contribution in [0, 0.1) is 0 Å². The molecule has 19 heavy (non-hydrogen) atoms. The van der Waals surface area contributed by atoms with Crippen LogP contribution in [-0.2, 0) is 6.42 Å². The summed E-state index contributed by atoms with van der Waals surface area (Å²) in [6.07, 6.45) is 6.07. The van der Waals surface area contributed by atoms with Crippen molar-refractivity contribution in [3.05, 3.63) is 35.9 Å². The Hall–Kier alpha value is -1.22. The highest BCUT2D eigenvalue weighted by Crippen LogP contribution is 2.30. The summed E-state index contributed by atoms with van der Waals surface area (Å²) in [7, 11) is 0. The normalized spacial score (nSPS) is 25.5. The van der Waals surface area contributed by atoms with Gasteiger partial charge < -0.3 is 10.6 Å². The van der Waals surface area contributed by atoms with Crippen LogP contribution in [0.25, 0.3) is 0 Å². The number of halogens is 1. The maximum Gasteiger partial charge on any atom is 0.191 e. The van der Waals surface area contributed by atoms with Crippen LogP contribution < -0.4 is 5.73 Å². The van der Waals surface area contributed by atoms with Crippen molar-refractivity contribution >= 4 is 18.4 Å². The van der Waals surface area contributed by atoms with E-state index in [1.807, 2.05) is 0 Å². The number of nitrogens with two attached hydrogens (primary N) is 1. The Morgan fingerprint density at radius 1 is 1.16 bits per heavy atom. The lowest BCUT2D eigenvalue weighted by molar-refractivity contribution is 0.275. The summed E-state index contributed by atoms with van der Waals surface area (Å²) in [5, 5.41) is 0. The molecule has 0 radical (unpaired) electrons. The van der Waals surface area contributed by atoms with Crippen molar-refractivity contribution in [2.75, 3.05) is 6.54 Å². The van der Waals surface area contributed by atoms with Gasteiger partial charge in [0.2, 0.25) is 0 Å². The van der Waals surface area contributed by atoms with E-state index < -0.39 is 0 Å². The molecule has 1 fully saturated rings. The summed E-state index contributed by atoms with van der Waals surface area (Å²) in [6, 6.07) is 12.0. The molecule has 0 aromatic heterocycles. The lowest BCUT2D eigenvalue weighted by Crippen LogP contribution is -2.48. The van der Waals surface area contributed by atoms with Crippen molar-refractivity contribution < 1.29 is 0 Å². The fourth-order valence-corrected chi connectivity index (χ4v) is 3.29. The number of nitrogens with zero attached hydrogens (tertiary/aromatic N) is 2. The Balaban J connectivity index is 0.00000133. The maximum absolute atomic E-state index is 6.06. The number of aryl methyl sites for hydroxylation is 1. The molecule has 0 unspecified atom stereocenters. The average Bonchev–Trinajstić information content (AvgIpc) is 2.82. The first-order chi connectivity index (χ1) is 8.84. The zero-order valence-electron chi connectivity index (χ0n) is 11.2. The van der Waals surface area contributed by atoms with Crippen molar-refractivity contribution in [1.29, 1.82) is 0 Å². The smallest absolute Gasteiger partial charge is 0.191 e. The van der Waals surface area contributed by atoms with E-state index >= 15 is 0 Å². The number of hydrogen-bond acceptors (Lipinski definition) is 3. The van der Waals surface area contributed by atoms with Gasteiger partial charge in [0.15, 0.2) is 5.96 Å². The van der Waals surface area contributed by atoms with Crippen molar-refractivity contribution in [1.82, 2.24) is 4.90 Å². The zero-order chi connectivity index (χ0) is 12.4. The highest BCUT2D eigenvalue weighted by molar-refractivity contribution is 5.85. The lowest BCUT2D eigenvalue weighted by Gasteiger charge is -2.34. The second kappa shape index (κ2) is 6.29. The van der Waals surface area contributed by atoms with Crippen LogP contribution in [0.5, 0.6) is 0 Å². The Morgan fingerprint density at radius 2 is 1.95 bits per heavy atom. The standard InChI is InChI=1S/C15H21N3.ClH/c16-15-17-11-10-14-9-8-13(18(14)15)7-6-12-4-2-1-3-5-12;/h1-5,13-14H,6-11H2,(H2,16,17);1H/t13-,14+;/m0./s1. The van der Waals surface area contributed by atoms with Gasteiger partial charge in [-0.25, -0.2) is 0 Å². The van der Waals surface area contributed by atoms with E-state index in [0.717, 1.165) is 18.9 Å². The van der Waals surface area contributed by atoms with Gasteiger partial charge in [0.05, 0.1) is 0 Å². The molecular formula is C15H22ClN3. The molecule has 2 heterocycles. The second-order valence-corrected chi connectivity index (χ2v) is 5.35. The van der Waals surface area contributed by atoms with Crippen molar-refractivity contribution in [3.8, 4) is 0 Å². The first kappa shape index (κ1) is 14.2. The Labute approximate surface area is 121 Å².